The number of rotatable bonds is 9. The lowest BCUT2D eigenvalue weighted by molar-refractivity contribution is -0.112. The number of aryl methyl sites for hydroxylation is 1. The molecule has 0 radical (unpaired) electrons. The van der Waals surface area contributed by atoms with E-state index in [0.717, 1.165) is 33.0 Å². The number of amides is 1. The molecule has 190 valence electrons. The van der Waals surface area contributed by atoms with Crippen molar-refractivity contribution in [2.75, 3.05) is 12.4 Å². The summed E-state index contributed by atoms with van der Waals surface area (Å²) >= 11 is 0. The van der Waals surface area contributed by atoms with E-state index in [1.807, 2.05) is 68.4 Å². The zero-order chi connectivity index (χ0) is 27.1. The van der Waals surface area contributed by atoms with Crippen LogP contribution in [0.1, 0.15) is 27.8 Å². The lowest BCUT2D eigenvalue weighted by Crippen LogP contribution is -2.14. The van der Waals surface area contributed by atoms with E-state index < -0.39 is 5.91 Å². The third-order valence-corrected chi connectivity index (χ3v) is 6.52. The Labute approximate surface area is 223 Å². The molecule has 1 N–H and O–H groups in total. The summed E-state index contributed by atoms with van der Waals surface area (Å²) in [5.74, 6) is 0.653. The highest BCUT2D eigenvalue weighted by Crippen LogP contribution is 2.35. The highest BCUT2D eigenvalue weighted by molar-refractivity contribution is 6.10. The molecule has 1 amide bonds. The van der Waals surface area contributed by atoms with Crippen LogP contribution in [0.25, 0.3) is 16.8 Å². The van der Waals surface area contributed by atoms with Crippen LogP contribution in [0, 0.1) is 25.2 Å². The molecular formula is C33H30N2O3. The normalized spacial score (nSPS) is 11.1. The molecule has 0 aliphatic heterocycles. The van der Waals surface area contributed by atoms with E-state index in [4.69, 9.17) is 9.47 Å². The second-order valence-corrected chi connectivity index (χ2v) is 9.00. The van der Waals surface area contributed by atoms with Gasteiger partial charge in [-0.15, -0.1) is 6.58 Å². The predicted molar refractivity (Wildman–Crippen MR) is 153 cm³/mol. The average Bonchev–Trinajstić information content (AvgIpc) is 2.93. The molecule has 38 heavy (non-hydrogen) atoms. The number of nitrogens with one attached hydrogen (secondary N) is 1. The second-order valence-electron chi connectivity index (χ2n) is 9.00. The number of nitrogens with zero attached hydrogens (tertiary/aromatic N) is 1. The largest absolute Gasteiger partial charge is 0.493 e. The number of hydrogen-bond donors (Lipinski definition) is 1. The van der Waals surface area contributed by atoms with Crippen LogP contribution in [0.4, 0.5) is 5.69 Å². The number of anilines is 1. The zero-order valence-corrected chi connectivity index (χ0v) is 21.9. The van der Waals surface area contributed by atoms with Crippen molar-refractivity contribution < 1.29 is 14.3 Å². The highest BCUT2D eigenvalue weighted by Gasteiger charge is 2.16. The van der Waals surface area contributed by atoms with Gasteiger partial charge in [0.2, 0.25) is 0 Å². The zero-order valence-electron chi connectivity index (χ0n) is 21.9. The van der Waals surface area contributed by atoms with Gasteiger partial charge in [-0.25, -0.2) is 0 Å². The Hall–Kier alpha value is -4.82. The van der Waals surface area contributed by atoms with Gasteiger partial charge in [0.15, 0.2) is 11.5 Å². The van der Waals surface area contributed by atoms with E-state index in [-0.39, 0.29) is 5.57 Å². The second kappa shape index (κ2) is 11.9. The van der Waals surface area contributed by atoms with Crippen LogP contribution >= 0.6 is 0 Å². The number of fused-ring (bicyclic) bond motifs is 1. The Morgan fingerprint density at radius 1 is 1.03 bits per heavy atom. The summed E-state index contributed by atoms with van der Waals surface area (Å²) < 4.78 is 12.0. The quantitative estimate of drug-likeness (QED) is 0.148. The van der Waals surface area contributed by atoms with E-state index in [2.05, 4.69) is 30.1 Å². The van der Waals surface area contributed by atoms with Crippen molar-refractivity contribution in [2.45, 2.75) is 26.9 Å². The van der Waals surface area contributed by atoms with Crippen LogP contribution in [-0.2, 0) is 17.8 Å². The van der Waals surface area contributed by atoms with Gasteiger partial charge in [0.25, 0.3) is 5.91 Å². The third kappa shape index (κ3) is 5.77. The predicted octanol–water partition coefficient (Wildman–Crippen LogP) is 7.32. The van der Waals surface area contributed by atoms with Gasteiger partial charge in [0.1, 0.15) is 18.2 Å². The van der Waals surface area contributed by atoms with Gasteiger partial charge in [-0.1, -0.05) is 60.7 Å². The SMILES string of the molecule is C=CCc1cc(/C=C(\C#N)C(=O)Nc2cccc(C)c2C)cc(OC)c1OCc1cccc2ccccc12. The summed E-state index contributed by atoms with van der Waals surface area (Å²) in [5, 5.41) is 14.9. The smallest absolute Gasteiger partial charge is 0.266 e. The molecule has 4 aromatic carbocycles. The van der Waals surface area contributed by atoms with Crippen LogP contribution < -0.4 is 14.8 Å². The minimum absolute atomic E-state index is 0.0121. The van der Waals surface area contributed by atoms with Crippen molar-refractivity contribution in [3.05, 3.63) is 119 Å². The highest BCUT2D eigenvalue weighted by atomic mass is 16.5. The van der Waals surface area contributed by atoms with Gasteiger partial charge in [0.05, 0.1) is 7.11 Å². The van der Waals surface area contributed by atoms with Crippen LogP contribution in [0.3, 0.4) is 0 Å². The van der Waals surface area contributed by atoms with Crippen molar-refractivity contribution >= 4 is 28.4 Å². The fourth-order valence-electron chi connectivity index (χ4n) is 4.35. The Kier molecular flexibility index (Phi) is 8.25. The summed E-state index contributed by atoms with van der Waals surface area (Å²) in [6.07, 6.45) is 3.87. The number of benzene rings is 4. The Bertz CT molecular complexity index is 1570. The van der Waals surface area contributed by atoms with Gasteiger partial charge in [-0.3, -0.25) is 4.79 Å². The molecule has 0 atom stereocenters. The first-order valence-corrected chi connectivity index (χ1v) is 12.4. The van der Waals surface area contributed by atoms with E-state index in [1.54, 1.807) is 25.3 Å². The van der Waals surface area contributed by atoms with Gasteiger partial charge in [-0.05, 0) is 77.6 Å². The molecule has 0 aliphatic carbocycles. The van der Waals surface area contributed by atoms with Crippen LogP contribution in [0.15, 0.2) is 91.0 Å². The minimum Gasteiger partial charge on any atom is -0.493 e. The molecule has 0 aliphatic rings. The molecule has 5 nitrogen and oxygen atoms in total. The maximum absolute atomic E-state index is 12.9. The van der Waals surface area contributed by atoms with Crippen LogP contribution in [0.2, 0.25) is 0 Å². The molecule has 0 fully saturated rings. The summed E-state index contributed by atoms with van der Waals surface area (Å²) in [4.78, 5) is 12.9. The van der Waals surface area contributed by atoms with E-state index in [9.17, 15) is 10.1 Å². The van der Waals surface area contributed by atoms with Gasteiger partial charge < -0.3 is 14.8 Å². The fourth-order valence-corrected chi connectivity index (χ4v) is 4.35. The van der Waals surface area contributed by atoms with E-state index in [1.165, 1.54) is 0 Å². The average molecular weight is 503 g/mol. The van der Waals surface area contributed by atoms with Gasteiger partial charge >= 0.3 is 0 Å². The molecule has 0 unspecified atom stereocenters. The molecule has 0 saturated heterocycles. The molecule has 4 aromatic rings. The molecule has 0 heterocycles. The Morgan fingerprint density at radius 3 is 2.55 bits per heavy atom. The number of ether oxygens (including phenoxy) is 2. The standard InChI is InChI=1S/C33H30N2O3/c1-5-10-26-17-24(18-28(20-34)33(36)35-30-16-8-11-22(2)23(30)3)19-31(37-4)32(26)38-21-27-14-9-13-25-12-6-7-15-29(25)27/h5-9,11-19H,1,10,21H2,2-4H3,(H,35,36)/b28-18+. The summed E-state index contributed by atoms with van der Waals surface area (Å²) in [6.45, 7) is 8.15. The van der Waals surface area contributed by atoms with Crippen LogP contribution in [-0.4, -0.2) is 13.0 Å². The van der Waals surface area contributed by atoms with Crippen molar-refractivity contribution in [3.63, 3.8) is 0 Å². The lowest BCUT2D eigenvalue weighted by Gasteiger charge is -2.17. The lowest BCUT2D eigenvalue weighted by atomic mass is 10.0. The molecule has 4 rings (SSSR count). The first-order chi connectivity index (χ1) is 18.4. The summed E-state index contributed by atoms with van der Waals surface area (Å²) in [5.41, 5.74) is 5.25. The first-order valence-electron chi connectivity index (χ1n) is 12.4. The number of carbonyl (C=O) groups is 1. The van der Waals surface area contributed by atoms with Gasteiger partial charge in [-0.2, -0.15) is 5.26 Å². The van der Waals surface area contributed by atoms with E-state index >= 15 is 0 Å². The monoisotopic (exact) mass is 502 g/mol. The number of carbonyl (C=O) groups excluding carboxylic acids is 1. The maximum atomic E-state index is 12.9. The number of allylic oxidation sites excluding steroid dienone is 1. The molecule has 0 saturated carbocycles. The van der Waals surface area contributed by atoms with Crippen molar-refractivity contribution in [1.29, 1.82) is 5.26 Å². The van der Waals surface area contributed by atoms with Crippen molar-refractivity contribution in [1.82, 2.24) is 0 Å². The third-order valence-electron chi connectivity index (χ3n) is 6.52. The maximum Gasteiger partial charge on any atom is 0.266 e. The van der Waals surface area contributed by atoms with E-state index in [0.29, 0.717) is 35.8 Å². The molecule has 0 aromatic heterocycles. The van der Waals surface area contributed by atoms with Crippen molar-refractivity contribution in [2.24, 2.45) is 0 Å². The molecule has 5 heteroatoms. The molecule has 0 spiro atoms. The van der Waals surface area contributed by atoms with Crippen molar-refractivity contribution in [3.8, 4) is 17.6 Å². The Balaban J connectivity index is 1.64. The molecular weight excluding hydrogens is 472 g/mol. The number of hydrogen-bond acceptors (Lipinski definition) is 4. The summed E-state index contributed by atoms with van der Waals surface area (Å²) in [7, 11) is 1.57. The van der Waals surface area contributed by atoms with Gasteiger partial charge in [0, 0.05) is 11.3 Å². The first kappa shape index (κ1) is 26.2. The fraction of sp³-hybridized carbons (Fsp3) is 0.152. The molecule has 0 bridgehead atoms. The minimum atomic E-state index is -0.471. The number of nitriles is 1. The summed E-state index contributed by atoms with van der Waals surface area (Å²) in [6, 6.07) is 25.7. The Morgan fingerprint density at radius 2 is 1.79 bits per heavy atom. The van der Waals surface area contributed by atoms with Crippen LogP contribution in [0.5, 0.6) is 11.5 Å². The topological polar surface area (TPSA) is 71.4 Å². The number of methoxy groups -OCH3 is 1.